The van der Waals surface area contributed by atoms with E-state index in [0.29, 0.717) is 21.7 Å². The Morgan fingerprint density at radius 1 is 0.536 bits per heavy atom. The normalized spacial score (nSPS) is 15.0. The molecule has 4 aromatic carbocycles. The van der Waals surface area contributed by atoms with Gasteiger partial charge in [0.15, 0.2) is 11.6 Å². The van der Waals surface area contributed by atoms with Gasteiger partial charge in [-0.3, -0.25) is 9.80 Å². The molecule has 0 atom stereocenters. The van der Waals surface area contributed by atoms with Crippen molar-refractivity contribution in [3.8, 4) is 34.3 Å². The molecule has 2 fully saturated rings. The van der Waals surface area contributed by atoms with Crippen molar-refractivity contribution in [3.63, 3.8) is 0 Å². The lowest BCUT2D eigenvalue weighted by atomic mass is 10.1. The SMILES string of the molecule is COc1ccc(CCN2CCN(c3nc(-c4ccccc4Cl)ns3)CC2)cc1.COc1cccc(CCN2CCN(c3nc(-c4ccccc4Cl)ns3)CC2)c1. The Morgan fingerprint density at radius 2 is 1.02 bits per heavy atom. The summed E-state index contributed by atoms with van der Waals surface area (Å²) in [6.07, 6.45) is 2.09. The molecule has 0 bridgehead atoms. The summed E-state index contributed by atoms with van der Waals surface area (Å²) in [7, 11) is 3.41. The van der Waals surface area contributed by atoms with E-state index < -0.39 is 0 Å². The third kappa shape index (κ3) is 10.6. The van der Waals surface area contributed by atoms with Gasteiger partial charge in [-0.1, -0.05) is 71.7 Å². The number of methoxy groups -OCH3 is 2. The van der Waals surface area contributed by atoms with Crippen LogP contribution < -0.4 is 19.3 Å². The van der Waals surface area contributed by atoms with Gasteiger partial charge in [-0.2, -0.15) is 18.7 Å². The Hall–Kier alpha value is -4.30. The second kappa shape index (κ2) is 19.7. The van der Waals surface area contributed by atoms with Crippen LogP contribution in [0.4, 0.5) is 10.3 Å². The summed E-state index contributed by atoms with van der Waals surface area (Å²) in [5.41, 5.74) is 4.44. The second-order valence-electron chi connectivity index (χ2n) is 13.6. The van der Waals surface area contributed by atoms with Gasteiger partial charge < -0.3 is 19.3 Å². The van der Waals surface area contributed by atoms with E-state index in [1.54, 1.807) is 14.2 Å². The zero-order chi connectivity index (χ0) is 38.7. The van der Waals surface area contributed by atoms with Crippen molar-refractivity contribution in [1.29, 1.82) is 0 Å². The van der Waals surface area contributed by atoms with Crippen LogP contribution in [0.5, 0.6) is 11.5 Å². The summed E-state index contributed by atoms with van der Waals surface area (Å²) in [5, 5.41) is 3.33. The molecule has 6 aromatic rings. The molecule has 0 amide bonds. The summed E-state index contributed by atoms with van der Waals surface area (Å²) >= 11 is 15.4. The predicted molar refractivity (Wildman–Crippen MR) is 231 cm³/mol. The molecule has 0 spiro atoms. The molecule has 0 radical (unpaired) electrons. The van der Waals surface area contributed by atoms with Crippen LogP contribution in [0.2, 0.25) is 10.0 Å². The van der Waals surface area contributed by atoms with Gasteiger partial charge in [0.25, 0.3) is 0 Å². The number of hydrogen-bond acceptors (Lipinski definition) is 12. The van der Waals surface area contributed by atoms with Crippen molar-refractivity contribution in [2.75, 3.05) is 89.5 Å². The van der Waals surface area contributed by atoms with Gasteiger partial charge in [0.05, 0.1) is 24.3 Å². The zero-order valence-corrected chi connectivity index (χ0v) is 34.8. The first-order valence-corrected chi connectivity index (χ1v) is 21.1. The van der Waals surface area contributed by atoms with E-state index in [1.807, 2.05) is 66.7 Å². The highest BCUT2D eigenvalue weighted by atomic mass is 35.5. The quantitative estimate of drug-likeness (QED) is 0.120. The van der Waals surface area contributed by atoms with Crippen molar-refractivity contribution < 1.29 is 9.47 Å². The number of rotatable bonds is 12. The average Bonchev–Trinajstić information content (AvgIpc) is 3.95. The van der Waals surface area contributed by atoms with Crippen LogP contribution >= 0.6 is 46.3 Å². The first kappa shape index (κ1) is 39.9. The van der Waals surface area contributed by atoms with Crippen molar-refractivity contribution in [2.45, 2.75) is 12.8 Å². The number of piperazine rings is 2. The van der Waals surface area contributed by atoms with Gasteiger partial charge in [0.1, 0.15) is 11.5 Å². The molecular weight excluding hydrogens is 784 g/mol. The molecule has 8 rings (SSSR count). The van der Waals surface area contributed by atoms with Gasteiger partial charge in [0, 0.05) is 99.6 Å². The molecule has 2 aliphatic heterocycles. The van der Waals surface area contributed by atoms with Crippen LogP contribution in [0.25, 0.3) is 22.8 Å². The van der Waals surface area contributed by atoms with Gasteiger partial charge >= 0.3 is 0 Å². The summed E-state index contributed by atoms with van der Waals surface area (Å²) < 4.78 is 19.6. The van der Waals surface area contributed by atoms with Crippen LogP contribution in [0.1, 0.15) is 11.1 Å². The predicted octanol–water partition coefficient (Wildman–Crippen LogP) is 8.46. The van der Waals surface area contributed by atoms with Crippen LogP contribution in [0, 0.1) is 0 Å². The number of benzene rings is 4. The van der Waals surface area contributed by atoms with Crippen molar-refractivity contribution >= 4 is 56.5 Å². The lowest BCUT2D eigenvalue weighted by Gasteiger charge is -2.34. The summed E-state index contributed by atoms with van der Waals surface area (Å²) in [6.45, 7) is 10.2. The summed E-state index contributed by atoms with van der Waals surface area (Å²) in [6, 6.07) is 32.1. The smallest absolute Gasteiger partial charge is 0.205 e. The standard InChI is InChI=1S/2C21H23ClN4OS/c1-27-17-6-4-5-16(15-17)9-10-25-11-13-26(14-12-25)21-23-20(24-28-21)18-7-2-3-8-19(18)22;1-27-17-8-6-16(7-9-17)10-11-25-12-14-26(15-13-25)21-23-20(24-28-21)18-4-2-3-5-19(18)22/h2-8,15H,9-14H2,1H3;2-9H,10-15H2,1H3. The Bertz CT molecular complexity index is 2130. The summed E-state index contributed by atoms with van der Waals surface area (Å²) in [5.74, 6) is 3.26. The number of anilines is 2. The van der Waals surface area contributed by atoms with E-state index in [-0.39, 0.29) is 0 Å². The van der Waals surface area contributed by atoms with Crippen LogP contribution in [-0.2, 0) is 12.8 Å². The van der Waals surface area contributed by atoms with E-state index in [4.69, 9.17) is 42.6 Å². The Kier molecular flexibility index (Phi) is 14.1. The minimum Gasteiger partial charge on any atom is -0.497 e. The van der Waals surface area contributed by atoms with E-state index >= 15 is 0 Å². The van der Waals surface area contributed by atoms with E-state index in [0.717, 1.165) is 111 Å². The number of ether oxygens (including phenoxy) is 2. The first-order valence-electron chi connectivity index (χ1n) is 18.8. The Morgan fingerprint density at radius 3 is 1.50 bits per heavy atom. The third-order valence-electron chi connectivity index (χ3n) is 10.1. The molecule has 292 valence electrons. The van der Waals surface area contributed by atoms with Crippen molar-refractivity contribution in [1.82, 2.24) is 28.5 Å². The molecule has 0 aliphatic carbocycles. The lowest BCUT2D eigenvalue weighted by molar-refractivity contribution is 0.261. The largest absolute Gasteiger partial charge is 0.497 e. The number of hydrogen-bond donors (Lipinski definition) is 0. The second-order valence-corrected chi connectivity index (χ2v) is 15.9. The van der Waals surface area contributed by atoms with E-state index in [1.165, 1.54) is 34.2 Å². The van der Waals surface area contributed by atoms with E-state index in [9.17, 15) is 0 Å². The highest BCUT2D eigenvalue weighted by molar-refractivity contribution is 7.10. The molecule has 2 aliphatic rings. The number of halogens is 2. The van der Waals surface area contributed by atoms with Crippen molar-refractivity contribution in [2.24, 2.45) is 0 Å². The van der Waals surface area contributed by atoms with Crippen LogP contribution in [-0.4, -0.2) is 108 Å². The molecule has 0 saturated carbocycles. The molecule has 4 heterocycles. The fraction of sp³-hybridized carbons (Fsp3) is 0.333. The maximum Gasteiger partial charge on any atom is 0.205 e. The maximum atomic E-state index is 6.27. The Balaban J connectivity index is 0.000000172. The molecule has 0 N–H and O–H groups in total. The maximum absolute atomic E-state index is 6.27. The third-order valence-corrected chi connectivity index (χ3v) is 12.3. The van der Waals surface area contributed by atoms with Crippen molar-refractivity contribution in [3.05, 3.63) is 118 Å². The minimum atomic E-state index is 0.689. The molecule has 0 unspecified atom stereocenters. The van der Waals surface area contributed by atoms with Gasteiger partial charge in [-0.25, -0.2) is 0 Å². The number of aromatic nitrogens is 4. The molecule has 10 nitrogen and oxygen atoms in total. The molecule has 14 heteroatoms. The van der Waals surface area contributed by atoms with Crippen LogP contribution in [0.3, 0.4) is 0 Å². The molecule has 56 heavy (non-hydrogen) atoms. The van der Waals surface area contributed by atoms with Gasteiger partial charge in [-0.15, -0.1) is 0 Å². The molecular formula is C42H46Cl2N8O2S2. The van der Waals surface area contributed by atoms with Gasteiger partial charge in [-0.05, 0) is 72.5 Å². The Labute approximate surface area is 347 Å². The highest BCUT2D eigenvalue weighted by Crippen LogP contribution is 2.31. The fourth-order valence-corrected chi connectivity index (χ4v) is 8.62. The highest BCUT2D eigenvalue weighted by Gasteiger charge is 2.22. The van der Waals surface area contributed by atoms with Gasteiger partial charge in [0.2, 0.25) is 10.3 Å². The van der Waals surface area contributed by atoms with Crippen LogP contribution in [0.15, 0.2) is 97.1 Å². The average molecular weight is 830 g/mol. The molecule has 2 saturated heterocycles. The monoisotopic (exact) mass is 828 g/mol. The zero-order valence-electron chi connectivity index (χ0n) is 31.7. The minimum absolute atomic E-state index is 0.689. The summed E-state index contributed by atoms with van der Waals surface area (Å²) in [4.78, 5) is 19.1. The lowest BCUT2D eigenvalue weighted by Crippen LogP contribution is -2.47. The fourth-order valence-electron chi connectivity index (χ4n) is 6.71. The molecule has 2 aromatic heterocycles. The first-order chi connectivity index (χ1) is 27.4. The topological polar surface area (TPSA) is 83.0 Å². The van der Waals surface area contributed by atoms with E-state index in [2.05, 4.69) is 58.7 Å². The number of nitrogens with zero attached hydrogens (tertiary/aromatic N) is 8.